The lowest BCUT2D eigenvalue weighted by Crippen LogP contribution is -2.50. The Morgan fingerprint density at radius 3 is 3.12 bits per heavy atom. The van der Waals surface area contributed by atoms with E-state index >= 15 is 0 Å². The molecule has 0 aromatic heterocycles. The molecular weight excluding hydrogens is 208 g/mol. The van der Waals surface area contributed by atoms with Gasteiger partial charge in [0.25, 0.3) is 0 Å². The number of nitrogens with two attached hydrogens (primary N) is 1. The normalized spacial score (nSPS) is 19.8. The van der Waals surface area contributed by atoms with E-state index in [9.17, 15) is 9.90 Å². The molecule has 0 aliphatic carbocycles. The van der Waals surface area contributed by atoms with Crippen molar-refractivity contribution in [2.75, 3.05) is 0 Å². The molecule has 5 heteroatoms. The van der Waals surface area contributed by atoms with E-state index in [0.29, 0.717) is 12.2 Å². The van der Waals surface area contributed by atoms with Crippen LogP contribution in [0, 0.1) is 0 Å². The molecule has 1 aliphatic rings. The van der Waals surface area contributed by atoms with E-state index in [2.05, 4.69) is 5.32 Å². The third kappa shape index (κ3) is 2.09. The molecule has 1 aromatic rings. The molecule has 2 unspecified atom stereocenters. The van der Waals surface area contributed by atoms with Crippen LogP contribution in [-0.4, -0.2) is 23.3 Å². The van der Waals surface area contributed by atoms with Crippen molar-refractivity contribution < 1.29 is 14.6 Å². The van der Waals surface area contributed by atoms with Gasteiger partial charge in [-0.1, -0.05) is 6.07 Å². The summed E-state index contributed by atoms with van der Waals surface area (Å²) in [6.45, 7) is 1.41. The quantitative estimate of drug-likeness (QED) is 0.620. The average molecular weight is 222 g/mol. The number of phenolic OH excluding ortho intramolecular Hbond substituents is 1. The smallest absolute Gasteiger partial charge is 0.218 e. The molecule has 2 rings (SSSR count). The maximum Gasteiger partial charge on any atom is 0.218 e. The molecule has 1 aromatic carbocycles. The maximum absolute atomic E-state index is 10.9. The van der Waals surface area contributed by atoms with Crippen LogP contribution in [0.2, 0.25) is 0 Å². The molecule has 0 fully saturated rings. The molecule has 2 atom stereocenters. The fraction of sp³-hybridized carbons (Fsp3) is 0.364. The first-order valence-corrected chi connectivity index (χ1v) is 5.07. The van der Waals surface area contributed by atoms with Crippen molar-refractivity contribution in [2.24, 2.45) is 5.73 Å². The summed E-state index contributed by atoms with van der Waals surface area (Å²) in [5.74, 6) is 0.605. The second-order valence-electron chi connectivity index (χ2n) is 3.88. The van der Waals surface area contributed by atoms with Crippen LogP contribution in [0.3, 0.4) is 0 Å². The van der Waals surface area contributed by atoms with Gasteiger partial charge in [-0.05, 0) is 11.6 Å². The monoisotopic (exact) mass is 222 g/mol. The predicted molar refractivity (Wildman–Crippen MR) is 58.0 cm³/mol. The number of rotatable bonds is 2. The van der Waals surface area contributed by atoms with E-state index in [1.807, 2.05) is 0 Å². The minimum atomic E-state index is -0.535. The summed E-state index contributed by atoms with van der Waals surface area (Å²) >= 11 is 0. The number of phenols is 1. The van der Waals surface area contributed by atoms with Crippen molar-refractivity contribution >= 4 is 5.91 Å². The van der Waals surface area contributed by atoms with Crippen molar-refractivity contribution in [3.8, 4) is 11.5 Å². The minimum absolute atomic E-state index is 0.160. The molecule has 0 saturated heterocycles. The lowest BCUT2D eigenvalue weighted by atomic mass is 10.1. The van der Waals surface area contributed by atoms with Gasteiger partial charge in [0.1, 0.15) is 23.8 Å². The number of nitrogens with one attached hydrogen (secondary N) is 1. The zero-order chi connectivity index (χ0) is 11.7. The largest absolute Gasteiger partial charge is 0.508 e. The number of aromatic hydroxyl groups is 1. The van der Waals surface area contributed by atoms with Gasteiger partial charge in [0.15, 0.2) is 0 Å². The molecule has 4 N–H and O–H groups in total. The van der Waals surface area contributed by atoms with Gasteiger partial charge >= 0.3 is 0 Å². The summed E-state index contributed by atoms with van der Waals surface area (Å²) in [5, 5.41) is 11.9. The van der Waals surface area contributed by atoms with Crippen molar-refractivity contribution in [1.29, 1.82) is 0 Å². The van der Waals surface area contributed by atoms with Crippen LogP contribution in [0.5, 0.6) is 11.5 Å². The summed E-state index contributed by atoms with van der Waals surface area (Å²) < 4.78 is 5.55. The molecule has 0 spiro atoms. The number of carbonyl (C=O) groups is 1. The van der Waals surface area contributed by atoms with Gasteiger partial charge in [-0.2, -0.15) is 0 Å². The van der Waals surface area contributed by atoms with Gasteiger partial charge < -0.3 is 20.9 Å². The standard InChI is InChI=1S/C11H14N2O3/c1-6(14)13-11(12)10-4-7-2-3-8(15)5-9(7)16-10/h2-3,5,10-11,15H,4,12H2,1H3,(H,13,14). The number of hydrogen-bond acceptors (Lipinski definition) is 4. The van der Waals surface area contributed by atoms with Crippen LogP contribution in [0.15, 0.2) is 18.2 Å². The van der Waals surface area contributed by atoms with E-state index in [4.69, 9.17) is 10.5 Å². The van der Waals surface area contributed by atoms with Gasteiger partial charge in [-0.15, -0.1) is 0 Å². The Morgan fingerprint density at radius 2 is 2.44 bits per heavy atom. The highest BCUT2D eigenvalue weighted by atomic mass is 16.5. The second kappa shape index (κ2) is 4.02. The highest BCUT2D eigenvalue weighted by molar-refractivity contribution is 5.73. The van der Waals surface area contributed by atoms with E-state index in [1.165, 1.54) is 6.92 Å². The SMILES string of the molecule is CC(=O)NC(N)C1Cc2ccc(O)cc2O1. The first-order chi connectivity index (χ1) is 7.56. The van der Waals surface area contributed by atoms with E-state index in [1.54, 1.807) is 18.2 Å². The van der Waals surface area contributed by atoms with Crippen molar-refractivity contribution in [3.63, 3.8) is 0 Å². The summed E-state index contributed by atoms with van der Waals surface area (Å²) in [6, 6.07) is 4.95. The molecule has 1 aliphatic heterocycles. The van der Waals surface area contributed by atoms with Gasteiger partial charge in [0.05, 0.1) is 0 Å². The molecule has 86 valence electrons. The Bertz CT molecular complexity index is 420. The second-order valence-corrected chi connectivity index (χ2v) is 3.88. The lowest BCUT2D eigenvalue weighted by Gasteiger charge is -2.19. The number of carbonyl (C=O) groups excluding carboxylic acids is 1. The van der Waals surface area contributed by atoms with E-state index in [-0.39, 0.29) is 17.8 Å². The Labute approximate surface area is 93.2 Å². The zero-order valence-electron chi connectivity index (χ0n) is 8.93. The Kier molecular flexibility index (Phi) is 2.70. The highest BCUT2D eigenvalue weighted by Gasteiger charge is 2.28. The topological polar surface area (TPSA) is 84.6 Å². The molecule has 0 radical (unpaired) electrons. The highest BCUT2D eigenvalue weighted by Crippen LogP contribution is 2.32. The summed E-state index contributed by atoms with van der Waals surface area (Å²) in [4.78, 5) is 10.9. The summed E-state index contributed by atoms with van der Waals surface area (Å²) in [6.07, 6.45) is -0.176. The molecule has 1 amide bonds. The molecule has 1 heterocycles. The molecular formula is C11H14N2O3. The van der Waals surface area contributed by atoms with Crippen LogP contribution < -0.4 is 15.8 Å². The fourth-order valence-corrected chi connectivity index (χ4v) is 1.77. The van der Waals surface area contributed by atoms with E-state index in [0.717, 1.165) is 5.56 Å². The maximum atomic E-state index is 10.9. The first-order valence-electron chi connectivity index (χ1n) is 5.07. The average Bonchev–Trinajstić information content (AvgIpc) is 2.59. The van der Waals surface area contributed by atoms with Gasteiger partial charge in [-0.3, -0.25) is 4.79 Å². The number of hydrogen-bond donors (Lipinski definition) is 3. The first kappa shape index (κ1) is 10.8. The third-order valence-electron chi connectivity index (χ3n) is 2.52. The Morgan fingerprint density at radius 1 is 1.69 bits per heavy atom. The van der Waals surface area contributed by atoms with Crippen LogP contribution >= 0.6 is 0 Å². The van der Waals surface area contributed by atoms with Gasteiger partial charge in [0, 0.05) is 19.4 Å². The van der Waals surface area contributed by atoms with Crippen molar-refractivity contribution in [1.82, 2.24) is 5.32 Å². The Hall–Kier alpha value is -1.75. The lowest BCUT2D eigenvalue weighted by molar-refractivity contribution is -0.120. The van der Waals surface area contributed by atoms with Crippen LogP contribution in [0.25, 0.3) is 0 Å². The van der Waals surface area contributed by atoms with Crippen LogP contribution in [-0.2, 0) is 11.2 Å². The fourth-order valence-electron chi connectivity index (χ4n) is 1.77. The number of benzene rings is 1. The van der Waals surface area contributed by atoms with Crippen LogP contribution in [0.1, 0.15) is 12.5 Å². The van der Waals surface area contributed by atoms with Gasteiger partial charge in [0.2, 0.25) is 5.91 Å². The van der Waals surface area contributed by atoms with Crippen molar-refractivity contribution in [2.45, 2.75) is 25.6 Å². The third-order valence-corrected chi connectivity index (χ3v) is 2.52. The summed E-state index contributed by atoms with van der Waals surface area (Å²) in [5.41, 5.74) is 6.77. The summed E-state index contributed by atoms with van der Waals surface area (Å²) in [7, 11) is 0. The Balaban J connectivity index is 2.07. The minimum Gasteiger partial charge on any atom is -0.508 e. The van der Waals surface area contributed by atoms with E-state index < -0.39 is 6.17 Å². The molecule has 16 heavy (non-hydrogen) atoms. The molecule has 5 nitrogen and oxygen atoms in total. The zero-order valence-corrected chi connectivity index (χ0v) is 8.93. The predicted octanol–water partition coefficient (Wildman–Crippen LogP) is 0.117. The number of amides is 1. The number of ether oxygens (including phenoxy) is 1. The van der Waals surface area contributed by atoms with Crippen molar-refractivity contribution in [3.05, 3.63) is 23.8 Å². The number of fused-ring (bicyclic) bond motifs is 1. The molecule has 0 saturated carbocycles. The molecule has 0 bridgehead atoms. The van der Waals surface area contributed by atoms with Gasteiger partial charge in [-0.25, -0.2) is 0 Å². The van der Waals surface area contributed by atoms with Crippen LogP contribution in [0.4, 0.5) is 0 Å².